The largest absolute Gasteiger partial charge is 0.462 e. The number of rotatable bonds is 7. The number of ether oxygens (including phenoxy) is 1. The fraction of sp³-hybridized carbons (Fsp3) is 0.423. The van der Waals surface area contributed by atoms with Crippen molar-refractivity contribution in [1.29, 1.82) is 0 Å². The lowest BCUT2D eigenvalue weighted by Gasteiger charge is -2.30. The molecule has 0 bridgehead atoms. The van der Waals surface area contributed by atoms with Gasteiger partial charge in [-0.2, -0.15) is 9.97 Å². The molecule has 3 N–H and O–H groups in total. The second kappa shape index (κ2) is 10.7. The molecule has 2 aromatic heterocycles. The normalized spacial score (nSPS) is 18.6. The summed E-state index contributed by atoms with van der Waals surface area (Å²) in [5.41, 5.74) is 7.45. The van der Waals surface area contributed by atoms with Gasteiger partial charge in [0, 0.05) is 55.3 Å². The zero-order valence-electron chi connectivity index (χ0n) is 20.7. The summed E-state index contributed by atoms with van der Waals surface area (Å²) in [6.07, 6.45) is 1.90. The smallest absolute Gasteiger partial charge is 0.319 e. The maximum absolute atomic E-state index is 16.4. The molecule has 0 unspecified atom stereocenters. The number of nitrogens with one attached hydrogen (secondary N) is 1. The first-order valence-corrected chi connectivity index (χ1v) is 14.0. The lowest BCUT2D eigenvalue weighted by atomic mass is 10.0. The summed E-state index contributed by atoms with van der Waals surface area (Å²) >= 11 is 8.08. The molecule has 2 aromatic carbocycles. The third kappa shape index (κ3) is 4.72. The Labute approximate surface area is 227 Å². The number of nitrogens with two attached hydrogens (primary N) is 1. The number of nitrogens with zero attached hydrogens (tertiary/aromatic N) is 5. The average Bonchev–Trinajstić information content (AvgIpc) is 3.53. The van der Waals surface area contributed by atoms with E-state index in [0.717, 1.165) is 37.2 Å². The van der Waals surface area contributed by atoms with Gasteiger partial charge in [-0.15, -0.1) is 0 Å². The second-order valence-electron chi connectivity index (χ2n) is 9.55. The number of aromatic nitrogens is 3. The number of likely N-dealkylation sites (tertiary alicyclic amines) is 1. The predicted octanol–water partition coefficient (Wildman–Crippen LogP) is 4.50. The molecular weight excluding hydrogens is 532 g/mol. The van der Waals surface area contributed by atoms with Gasteiger partial charge in [-0.3, -0.25) is 4.90 Å². The monoisotopic (exact) mass is 559 g/mol. The number of alkyl halides is 1. The van der Waals surface area contributed by atoms with Crippen LogP contribution >= 0.6 is 22.9 Å². The first-order valence-electron chi connectivity index (χ1n) is 12.8. The molecule has 4 heterocycles. The van der Waals surface area contributed by atoms with Crippen molar-refractivity contribution in [3.05, 3.63) is 35.1 Å². The van der Waals surface area contributed by atoms with Gasteiger partial charge in [0.1, 0.15) is 24.6 Å². The molecule has 2 aliphatic heterocycles. The van der Waals surface area contributed by atoms with Crippen LogP contribution in [0.1, 0.15) is 12.8 Å². The molecule has 0 aliphatic carbocycles. The van der Waals surface area contributed by atoms with Crippen molar-refractivity contribution < 1.29 is 13.5 Å². The Morgan fingerprint density at radius 3 is 2.82 bits per heavy atom. The second-order valence-corrected chi connectivity index (χ2v) is 11.0. The molecule has 1 atom stereocenters. The number of benzene rings is 2. The SMILES string of the molecule is Nc1nc2c(-c3c(Cl)cc4c(N5CCNCC5)nc(OC[C@@H]5CCCN5CCF)nc4c3F)cccc2s1. The van der Waals surface area contributed by atoms with Crippen LogP contribution < -0.4 is 20.7 Å². The van der Waals surface area contributed by atoms with E-state index in [1.165, 1.54) is 11.3 Å². The summed E-state index contributed by atoms with van der Waals surface area (Å²) in [5.74, 6) is 0.0251. The van der Waals surface area contributed by atoms with Gasteiger partial charge in [0.05, 0.1) is 15.2 Å². The van der Waals surface area contributed by atoms with E-state index < -0.39 is 12.5 Å². The van der Waals surface area contributed by atoms with Crippen molar-refractivity contribution >= 4 is 55.0 Å². The lowest BCUT2D eigenvalue weighted by molar-refractivity contribution is 0.157. The number of anilines is 2. The first-order chi connectivity index (χ1) is 18.5. The number of fused-ring (bicyclic) bond motifs is 2. The molecule has 8 nitrogen and oxygen atoms in total. The van der Waals surface area contributed by atoms with Crippen LogP contribution in [-0.2, 0) is 0 Å². The van der Waals surface area contributed by atoms with Crippen LogP contribution in [0.15, 0.2) is 24.3 Å². The van der Waals surface area contributed by atoms with Crippen LogP contribution in [-0.4, -0.2) is 78.4 Å². The van der Waals surface area contributed by atoms with E-state index in [1.54, 1.807) is 12.1 Å². The summed E-state index contributed by atoms with van der Waals surface area (Å²) in [6, 6.07) is 7.41. The summed E-state index contributed by atoms with van der Waals surface area (Å²) in [6.45, 7) is 4.10. The minimum absolute atomic E-state index is 0.0750. The Morgan fingerprint density at radius 2 is 2.00 bits per heavy atom. The third-order valence-electron chi connectivity index (χ3n) is 7.24. The number of piperazine rings is 1. The molecule has 4 aromatic rings. The van der Waals surface area contributed by atoms with Gasteiger partial charge in [-0.05, 0) is 31.5 Å². The van der Waals surface area contributed by atoms with Crippen LogP contribution in [0.5, 0.6) is 6.01 Å². The van der Waals surface area contributed by atoms with E-state index in [4.69, 9.17) is 27.1 Å². The Morgan fingerprint density at radius 1 is 1.16 bits per heavy atom. The summed E-state index contributed by atoms with van der Waals surface area (Å²) in [5, 5.41) is 4.50. The van der Waals surface area contributed by atoms with Crippen LogP contribution in [0.25, 0.3) is 32.2 Å². The van der Waals surface area contributed by atoms with E-state index in [0.29, 0.717) is 53.7 Å². The highest BCUT2D eigenvalue weighted by Crippen LogP contribution is 2.42. The average molecular weight is 560 g/mol. The minimum Gasteiger partial charge on any atom is -0.462 e. The van der Waals surface area contributed by atoms with Crippen molar-refractivity contribution in [1.82, 2.24) is 25.2 Å². The number of para-hydroxylation sites is 1. The summed E-state index contributed by atoms with van der Waals surface area (Å²) < 4.78 is 36.3. The van der Waals surface area contributed by atoms with Crippen molar-refractivity contribution in [2.24, 2.45) is 0 Å². The summed E-state index contributed by atoms with van der Waals surface area (Å²) in [7, 11) is 0. The van der Waals surface area contributed by atoms with Gasteiger partial charge in [-0.25, -0.2) is 13.8 Å². The number of hydrogen-bond donors (Lipinski definition) is 2. The first kappa shape index (κ1) is 25.4. The molecule has 2 saturated heterocycles. The maximum atomic E-state index is 16.4. The molecule has 2 fully saturated rings. The Balaban J connectivity index is 1.46. The van der Waals surface area contributed by atoms with Crippen molar-refractivity contribution in [2.75, 3.05) is 63.2 Å². The zero-order chi connectivity index (χ0) is 26.2. The third-order valence-corrected chi connectivity index (χ3v) is 8.39. The molecule has 12 heteroatoms. The highest BCUT2D eigenvalue weighted by molar-refractivity contribution is 7.22. The van der Waals surface area contributed by atoms with Gasteiger partial charge < -0.3 is 20.7 Å². The highest BCUT2D eigenvalue weighted by atomic mass is 35.5. The lowest BCUT2D eigenvalue weighted by Crippen LogP contribution is -2.44. The molecule has 2 aliphatic rings. The van der Waals surface area contributed by atoms with Crippen LogP contribution in [0.4, 0.5) is 19.7 Å². The molecule has 6 rings (SSSR count). The van der Waals surface area contributed by atoms with E-state index in [2.05, 4.69) is 25.1 Å². The maximum Gasteiger partial charge on any atom is 0.319 e. The standard InChI is InChI=1S/C26H28ClF2N7OS/c27-18-13-17-23(21(29)20(18)16-4-1-5-19-22(16)32-25(30)38-19)33-26(34-24(17)36-11-7-31-8-12-36)37-14-15-3-2-9-35(15)10-6-28/h1,4-5,13,15,31H,2-3,6-12,14H2,(H2,30,32)/t15-/m0/s1. The van der Waals surface area contributed by atoms with E-state index >= 15 is 4.39 Å². The number of thiazole rings is 1. The van der Waals surface area contributed by atoms with E-state index in [9.17, 15) is 4.39 Å². The molecule has 38 heavy (non-hydrogen) atoms. The van der Waals surface area contributed by atoms with Gasteiger partial charge in [0.2, 0.25) is 0 Å². The molecule has 0 spiro atoms. The molecule has 0 amide bonds. The van der Waals surface area contributed by atoms with Crippen molar-refractivity contribution in [3.63, 3.8) is 0 Å². The van der Waals surface area contributed by atoms with Crippen LogP contribution in [0.3, 0.4) is 0 Å². The van der Waals surface area contributed by atoms with Crippen LogP contribution in [0, 0.1) is 5.82 Å². The molecular formula is C26H28ClF2N7OS. The quantitative estimate of drug-likeness (QED) is 0.342. The van der Waals surface area contributed by atoms with E-state index in [-0.39, 0.29) is 28.2 Å². The van der Waals surface area contributed by atoms with Crippen molar-refractivity contribution in [2.45, 2.75) is 18.9 Å². The number of hydrogen-bond acceptors (Lipinski definition) is 9. The minimum atomic E-state index is -0.560. The topological polar surface area (TPSA) is 92.4 Å². The number of halogens is 3. The van der Waals surface area contributed by atoms with Crippen LogP contribution in [0.2, 0.25) is 5.02 Å². The fourth-order valence-electron chi connectivity index (χ4n) is 5.41. The fourth-order valence-corrected chi connectivity index (χ4v) is 6.47. The molecule has 0 radical (unpaired) electrons. The highest BCUT2D eigenvalue weighted by Gasteiger charge is 2.27. The predicted molar refractivity (Wildman–Crippen MR) is 149 cm³/mol. The van der Waals surface area contributed by atoms with Gasteiger partial charge >= 0.3 is 6.01 Å². The molecule has 0 saturated carbocycles. The molecule has 200 valence electrons. The zero-order valence-corrected chi connectivity index (χ0v) is 22.3. The number of nitrogen functional groups attached to an aromatic ring is 1. The van der Waals surface area contributed by atoms with E-state index in [1.807, 2.05) is 12.1 Å². The Kier molecular flexibility index (Phi) is 7.17. The van der Waals surface area contributed by atoms with Crippen molar-refractivity contribution in [3.8, 4) is 17.1 Å². The van der Waals surface area contributed by atoms with Gasteiger partial charge in [0.25, 0.3) is 0 Å². The Hall–Kier alpha value is -2.86. The van der Waals surface area contributed by atoms with Gasteiger partial charge in [0.15, 0.2) is 10.9 Å². The van der Waals surface area contributed by atoms with Gasteiger partial charge in [-0.1, -0.05) is 35.1 Å². The summed E-state index contributed by atoms with van der Waals surface area (Å²) in [4.78, 5) is 17.8. The Bertz CT molecular complexity index is 1480.